The van der Waals surface area contributed by atoms with Crippen LogP contribution >= 0.6 is 0 Å². The fraction of sp³-hybridized carbons (Fsp3) is 0.118. The van der Waals surface area contributed by atoms with Crippen molar-refractivity contribution in [3.05, 3.63) is 70.8 Å². The minimum absolute atomic E-state index is 0.287. The van der Waals surface area contributed by atoms with Crippen molar-refractivity contribution in [3.8, 4) is 0 Å². The highest BCUT2D eigenvalue weighted by atomic mass is 16.7. The molecule has 2 aromatic rings. The second-order valence-electron chi connectivity index (χ2n) is 5.01. The predicted molar refractivity (Wildman–Crippen MR) is 78.4 cm³/mol. The van der Waals surface area contributed by atoms with E-state index in [0.29, 0.717) is 10.6 Å². The van der Waals surface area contributed by atoms with Crippen molar-refractivity contribution in [2.75, 3.05) is 6.61 Å². The molecular formula is C17H13NO4. The molecular weight excluding hydrogens is 282 g/mol. The second kappa shape index (κ2) is 5.54. The predicted octanol–water partition coefficient (Wildman–Crippen LogP) is 2.41. The van der Waals surface area contributed by atoms with Crippen LogP contribution in [0.4, 0.5) is 0 Å². The maximum Gasteiger partial charge on any atom is 0.285 e. The van der Waals surface area contributed by atoms with Crippen molar-refractivity contribution in [1.29, 1.82) is 0 Å². The van der Waals surface area contributed by atoms with Gasteiger partial charge in [0.2, 0.25) is 0 Å². The lowest BCUT2D eigenvalue weighted by Crippen LogP contribution is -2.32. The molecule has 1 aliphatic rings. The third-order valence-corrected chi connectivity index (χ3v) is 3.46. The van der Waals surface area contributed by atoms with E-state index < -0.39 is 11.8 Å². The van der Waals surface area contributed by atoms with Crippen molar-refractivity contribution >= 4 is 17.6 Å². The molecule has 0 radical (unpaired) electrons. The van der Waals surface area contributed by atoms with Crippen LogP contribution in [0.5, 0.6) is 0 Å². The fourth-order valence-corrected chi connectivity index (χ4v) is 2.23. The van der Waals surface area contributed by atoms with Crippen LogP contribution in [0.1, 0.15) is 36.6 Å². The summed E-state index contributed by atoms with van der Waals surface area (Å²) in [5, 5.41) is 0.650. The van der Waals surface area contributed by atoms with Crippen LogP contribution in [-0.2, 0) is 4.84 Å². The zero-order chi connectivity index (χ0) is 15.7. The average Bonchev–Trinajstić information content (AvgIpc) is 2.78. The molecule has 1 heterocycles. The van der Waals surface area contributed by atoms with Crippen molar-refractivity contribution in [2.45, 2.75) is 6.92 Å². The number of carbonyl (C=O) groups is 3. The number of imide groups is 1. The molecule has 0 aromatic heterocycles. The molecule has 1 aliphatic heterocycles. The molecule has 0 atom stereocenters. The fourth-order valence-electron chi connectivity index (χ4n) is 2.23. The van der Waals surface area contributed by atoms with Crippen molar-refractivity contribution < 1.29 is 19.2 Å². The Morgan fingerprint density at radius 1 is 0.955 bits per heavy atom. The minimum atomic E-state index is -0.544. The number of nitrogens with zero attached hydrogens (tertiary/aromatic N) is 1. The molecule has 22 heavy (non-hydrogen) atoms. The number of aryl methyl sites for hydroxylation is 1. The molecule has 110 valence electrons. The Labute approximate surface area is 127 Å². The molecule has 2 amide bonds. The van der Waals surface area contributed by atoms with E-state index in [0.717, 1.165) is 5.56 Å². The molecule has 3 rings (SSSR count). The van der Waals surface area contributed by atoms with Crippen molar-refractivity contribution in [2.24, 2.45) is 0 Å². The molecule has 0 bridgehead atoms. The molecule has 0 aliphatic carbocycles. The minimum Gasteiger partial charge on any atom is -0.291 e. The van der Waals surface area contributed by atoms with Crippen LogP contribution < -0.4 is 0 Å². The van der Waals surface area contributed by atoms with Crippen LogP contribution in [-0.4, -0.2) is 29.3 Å². The summed E-state index contributed by atoms with van der Waals surface area (Å²) in [6, 6.07) is 13.5. The Bertz CT molecular complexity index is 729. The summed E-state index contributed by atoms with van der Waals surface area (Å²) in [4.78, 5) is 41.3. The van der Waals surface area contributed by atoms with E-state index in [-0.39, 0.29) is 23.5 Å². The van der Waals surface area contributed by atoms with Crippen LogP contribution in [0.3, 0.4) is 0 Å². The normalized spacial score (nSPS) is 13.4. The molecule has 2 aromatic carbocycles. The van der Waals surface area contributed by atoms with Gasteiger partial charge in [-0.25, -0.2) is 0 Å². The van der Waals surface area contributed by atoms with Gasteiger partial charge in [-0.15, -0.1) is 5.06 Å². The quantitative estimate of drug-likeness (QED) is 0.642. The van der Waals surface area contributed by atoms with E-state index in [4.69, 9.17) is 4.84 Å². The Kier molecular flexibility index (Phi) is 3.56. The van der Waals surface area contributed by atoms with E-state index in [1.807, 2.05) is 19.1 Å². The molecule has 0 fully saturated rings. The van der Waals surface area contributed by atoms with Gasteiger partial charge >= 0.3 is 0 Å². The molecule has 5 nitrogen and oxygen atoms in total. The molecule has 0 saturated carbocycles. The molecule has 0 saturated heterocycles. The number of fused-ring (bicyclic) bond motifs is 1. The van der Waals surface area contributed by atoms with Gasteiger partial charge in [-0.1, -0.05) is 42.0 Å². The third kappa shape index (κ3) is 2.42. The number of carbonyl (C=O) groups excluding carboxylic acids is 3. The molecule has 5 heteroatoms. The van der Waals surface area contributed by atoms with E-state index in [2.05, 4.69) is 0 Å². The average molecular weight is 295 g/mol. The van der Waals surface area contributed by atoms with E-state index >= 15 is 0 Å². The van der Waals surface area contributed by atoms with Gasteiger partial charge < -0.3 is 0 Å². The lowest BCUT2D eigenvalue weighted by molar-refractivity contribution is -0.0817. The van der Waals surface area contributed by atoms with Gasteiger partial charge in [-0.05, 0) is 19.1 Å². The lowest BCUT2D eigenvalue weighted by Gasteiger charge is -2.12. The third-order valence-electron chi connectivity index (χ3n) is 3.46. The Morgan fingerprint density at radius 3 is 2.05 bits per heavy atom. The summed E-state index contributed by atoms with van der Waals surface area (Å²) in [5.41, 5.74) is 2.09. The van der Waals surface area contributed by atoms with Gasteiger partial charge in [-0.2, -0.15) is 0 Å². The number of hydroxylamine groups is 2. The Balaban J connectivity index is 1.70. The summed E-state index contributed by atoms with van der Waals surface area (Å²) < 4.78 is 0. The van der Waals surface area contributed by atoms with Gasteiger partial charge in [0.05, 0.1) is 11.1 Å². The number of benzene rings is 2. The zero-order valence-corrected chi connectivity index (χ0v) is 11.9. The molecule has 0 N–H and O–H groups in total. The zero-order valence-electron chi connectivity index (χ0n) is 11.9. The highest BCUT2D eigenvalue weighted by Gasteiger charge is 2.36. The Morgan fingerprint density at radius 2 is 1.50 bits per heavy atom. The van der Waals surface area contributed by atoms with E-state index in [1.165, 1.54) is 0 Å². The van der Waals surface area contributed by atoms with Crippen LogP contribution in [0.2, 0.25) is 0 Å². The maximum absolute atomic E-state index is 12.1. The second-order valence-corrected chi connectivity index (χ2v) is 5.01. The highest BCUT2D eigenvalue weighted by molar-refractivity contribution is 6.20. The highest BCUT2D eigenvalue weighted by Crippen LogP contribution is 2.22. The Hall–Kier alpha value is -2.79. The SMILES string of the molecule is Cc1ccc(C(=O)CON2C(=O)c3ccccc3C2=O)cc1. The van der Waals surface area contributed by atoms with Crippen LogP contribution in [0, 0.1) is 6.92 Å². The standard InChI is InChI=1S/C17H13NO4/c1-11-6-8-12(9-7-11)15(19)10-22-18-16(20)13-4-2-3-5-14(13)17(18)21/h2-9H,10H2,1H3. The van der Waals surface area contributed by atoms with Crippen molar-refractivity contribution in [1.82, 2.24) is 5.06 Å². The first-order valence-electron chi connectivity index (χ1n) is 6.78. The monoisotopic (exact) mass is 295 g/mol. The number of amides is 2. The van der Waals surface area contributed by atoms with E-state index in [1.54, 1.807) is 36.4 Å². The van der Waals surface area contributed by atoms with Gasteiger partial charge in [-0.3, -0.25) is 19.2 Å². The topological polar surface area (TPSA) is 63.7 Å². The smallest absolute Gasteiger partial charge is 0.285 e. The first-order chi connectivity index (χ1) is 10.6. The largest absolute Gasteiger partial charge is 0.291 e. The van der Waals surface area contributed by atoms with Gasteiger partial charge in [0.1, 0.15) is 6.61 Å². The summed E-state index contributed by atoms with van der Waals surface area (Å²) in [7, 11) is 0. The molecule has 0 unspecified atom stereocenters. The van der Waals surface area contributed by atoms with Gasteiger partial charge in [0.15, 0.2) is 5.78 Å². The van der Waals surface area contributed by atoms with Gasteiger partial charge in [0.25, 0.3) is 11.8 Å². The number of hydrogen-bond acceptors (Lipinski definition) is 4. The summed E-state index contributed by atoms with van der Waals surface area (Å²) >= 11 is 0. The molecule has 0 spiro atoms. The van der Waals surface area contributed by atoms with E-state index in [9.17, 15) is 14.4 Å². The number of Topliss-reactive ketones (excluding diaryl/α,β-unsaturated/α-hetero) is 1. The first kappa shape index (κ1) is 14.2. The maximum atomic E-state index is 12.1. The van der Waals surface area contributed by atoms with Gasteiger partial charge in [0, 0.05) is 5.56 Å². The first-order valence-corrected chi connectivity index (χ1v) is 6.78. The summed E-state index contributed by atoms with van der Waals surface area (Å²) in [5.74, 6) is -1.38. The van der Waals surface area contributed by atoms with Crippen LogP contribution in [0.15, 0.2) is 48.5 Å². The van der Waals surface area contributed by atoms with Crippen molar-refractivity contribution in [3.63, 3.8) is 0 Å². The lowest BCUT2D eigenvalue weighted by atomic mass is 10.1. The number of rotatable bonds is 4. The summed E-state index contributed by atoms with van der Waals surface area (Å²) in [6.45, 7) is 1.55. The van der Waals surface area contributed by atoms with Crippen LogP contribution in [0.25, 0.3) is 0 Å². The number of hydrogen-bond donors (Lipinski definition) is 0. The summed E-state index contributed by atoms with van der Waals surface area (Å²) in [6.07, 6.45) is 0. The number of ketones is 1.